The fraction of sp³-hybridized carbons (Fsp3) is 0.515. The van der Waals surface area contributed by atoms with E-state index < -0.39 is 79.4 Å². The lowest BCUT2D eigenvalue weighted by molar-refractivity contribution is -0.318. The van der Waals surface area contributed by atoms with Crippen LogP contribution in [0, 0.1) is 5.92 Å². The molecular formula is C33H40O15. The molecular weight excluding hydrogens is 636 g/mol. The fourth-order valence-electron chi connectivity index (χ4n) is 5.40. The van der Waals surface area contributed by atoms with Crippen LogP contribution in [0.1, 0.15) is 27.2 Å². The van der Waals surface area contributed by atoms with E-state index in [4.69, 9.17) is 32.8 Å². The Hall–Kier alpha value is -3.64. The predicted octanol–water partition coefficient (Wildman–Crippen LogP) is 0.451. The zero-order valence-corrected chi connectivity index (χ0v) is 26.7. The van der Waals surface area contributed by atoms with Gasteiger partial charge in [-0.05, 0) is 37.1 Å². The molecule has 0 amide bonds. The lowest BCUT2D eigenvalue weighted by Gasteiger charge is -2.42. The van der Waals surface area contributed by atoms with Crippen LogP contribution < -0.4 is 19.6 Å². The van der Waals surface area contributed by atoms with Crippen molar-refractivity contribution in [2.75, 3.05) is 13.7 Å². The molecule has 0 radical (unpaired) electrons. The van der Waals surface area contributed by atoms with Crippen molar-refractivity contribution >= 4 is 16.9 Å². The molecule has 0 unspecified atom stereocenters. The van der Waals surface area contributed by atoms with Gasteiger partial charge in [0.05, 0.1) is 19.8 Å². The van der Waals surface area contributed by atoms with Gasteiger partial charge in [0.1, 0.15) is 76.7 Å². The van der Waals surface area contributed by atoms with E-state index in [0.717, 1.165) is 0 Å². The lowest BCUT2D eigenvalue weighted by Crippen LogP contribution is -2.61. The summed E-state index contributed by atoms with van der Waals surface area (Å²) < 4.78 is 39.4. The maximum Gasteiger partial charge on any atom is 0.311 e. The highest BCUT2D eigenvalue weighted by Crippen LogP contribution is 2.35. The molecule has 0 bridgehead atoms. The van der Waals surface area contributed by atoms with E-state index >= 15 is 0 Å². The number of aliphatic hydroxyl groups is 6. The summed E-state index contributed by atoms with van der Waals surface area (Å²) in [4.78, 5) is 26.0. The maximum atomic E-state index is 13.4. The van der Waals surface area contributed by atoms with E-state index in [1.54, 1.807) is 24.3 Å². The number of aliphatic hydroxyl groups excluding tert-OH is 6. The highest BCUT2D eigenvalue weighted by molar-refractivity contribution is 5.89. The van der Waals surface area contributed by atoms with Crippen molar-refractivity contribution in [1.82, 2.24) is 0 Å². The minimum absolute atomic E-state index is 0.0257. The van der Waals surface area contributed by atoms with Crippen molar-refractivity contribution in [3.63, 3.8) is 0 Å². The van der Waals surface area contributed by atoms with Crippen LogP contribution in [0.2, 0.25) is 0 Å². The Morgan fingerprint density at radius 2 is 1.50 bits per heavy atom. The van der Waals surface area contributed by atoms with Crippen LogP contribution in [0.4, 0.5) is 0 Å². The molecule has 15 heteroatoms. The van der Waals surface area contributed by atoms with Gasteiger partial charge in [-0.25, -0.2) is 0 Å². The number of carbonyl (C=O) groups is 1. The van der Waals surface area contributed by atoms with E-state index in [-0.39, 0.29) is 40.6 Å². The highest BCUT2D eigenvalue weighted by atomic mass is 16.7. The number of carbonyl (C=O) groups excluding carboxylic acids is 1. The van der Waals surface area contributed by atoms with Gasteiger partial charge in [-0.1, -0.05) is 13.8 Å². The summed E-state index contributed by atoms with van der Waals surface area (Å²) >= 11 is 0. The van der Waals surface area contributed by atoms with Crippen molar-refractivity contribution in [1.29, 1.82) is 0 Å². The number of fused-ring (bicyclic) bond motifs is 1. The second-order valence-corrected chi connectivity index (χ2v) is 12.2. The molecule has 0 spiro atoms. The van der Waals surface area contributed by atoms with Gasteiger partial charge in [-0.2, -0.15) is 0 Å². The summed E-state index contributed by atoms with van der Waals surface area (Å²) in [6, 6.07) is 10.6. The molecule has 3 aromatic rings. The van der Waals surface area contributed by atoms with Gasteiger partial charge in [0, 0.05) is 30.2 Å². The standard InChI is InChI=1S/C33H40O15/c1-14(2)9-24(35)47-22-11-18(10-21-25(22)19(34)12-20(46-21)16-5-7-17(42-4)8-6-16)45-33-31(41)29(39)27(37)23(48-33)13-43-32-30(40)28(38)26(36)15(3)44-32/h5-8,10-12,14-15,23,26-33,36-41H,9,13H2,1-4H3/t15-,23+,26-,27+,28+,29-,30+,31+,32+,33+/m0/s1. The zero-order valence-electron chi connectivity index (χ0n) is 26.7. The molecule has 5 rings (SSSR count). The molecule has 262 valence electrons. The van der Waals surface area contributed by atoms with Crippen molar-refractivity contribution in [2.24, 2.45) is 5.92 Å². The number of ether oxygens (including phenoxy) is 6. The van der Waals surface area contributed by atoms with E-state index in [0.29, 0.717) is 11.3 Å². The molecule has 2 saturated heterocycles. The first-order chi connectivity index (χ1) is 22.8. The second kappa shape index (κ2) is 14.9. The number of hydrogen-bond acceptors (Lipinski definition) is 15. The average Bonchev–Trinajstić information content (AvgIpc) is 3.04. The Balaban J connectivity index is 1.43. The zero-order chi connectivity index (χ0) is 34.9. The van der Waals surface area contributed by atoms with Gasteiger partial charge in [0.25, 0.3) is 0 Å². The number of hydrogen-bond donors (Lipinski definition) is 6. The number of methoxy groups -OCH3 is 1. The largest absolute Gasteiger partial charge is 0.497 e. The molecule has 2 fully saturated rings. The van der Waals surface area contributed by atoms with Crippen molar-refractivity contribution in [2.45, 2.75) is 88.6 Å². The first kappa shape index (κ1) is 35.7. The Morgan fingerprint density at radius 3 is 2.17 bits per heavy atom. The van der Waals surface area contributed by atoms with E-state index in [9.17, 15) is 40.2 Å². The minimum Gasteiger partial charge on any atom is -0.497 e. The third-order valence-electron chi connectivity index (χ3n) is 8.10. The normalized spacial score (nSPS) is 30.7. The summed E-state index contributed by atoms with van der Waals surface area (Å²) in [5.74, 6) is -0.147. The SMILES string of the molecule is COc1ccc(-c2cc(=O)c3c(OC(=O)CC(C)C)cc(O[C@@H]4O[C@H](CO[C@@H]5O[C@@H](C)[C@H](O)[C@@H](O)[C@H]5O)[C@@H](O)[C@H](O)[C@H]4O)cc3o2)cc1. The summed E-state index contributed by atoms with van der Waals surface area (Å²) in [5, 5.41) is 62.2. The molecule has 6 N–H and O–H groups in total. The van der Waals surface area contributed by atoms with Gasteiger partial charge in [-0.3, -0.25) is 9.59 Å². The molecule has 48 heavy (non-hydrogen) atoms. The van der Waals surface area contributed by atoms with E-state index in [2.05, 4.69) is 0 Å². The Labute approximate surface area is 274 Å². The lowest BCUT2D eigenvalue weighted by atomic mass is 9.98. The van der Waals surface area contributed by atoms with E-state index in [1.165, 1.54) is 32.2 Å². The van der Waals surface area contributed by atoms with Crippen LogP contribution in [-0.2, 0) is 19.0 Å². The molecule has 2 aromatic carbocycles. The third-order valence-corrected chi connectivity index (χ3v) is 8.10. The second-order valence-electron chi connectivity index (χ2n) is 12.2. The van der Waals surface area contributed by atoms with Crippen LogP contribution in [0.15, 0.2) is 51.7 Å². The number of benzene rings is 2. The van der Waals surface area contributed by atoms with Crippen LogP contribution >= 0.6 is 0 Å². The average molecular weight is 677 g/mol. The smallest absolute Gasteiger partial charge is 0.311 e. The van der Waals surface area contributed by atoms with Crippen LogP contribution in [-0.4, -0.2) is 112 Å². The fourth-order valence-corrected chi connectivity index (χ4v) is 5.40. The van der Waals surface area contributed by atoms with Gasteiger partial charge in [0.2, 0.25) is 6.29 Å². The molecule has 1 aromatic heterocycles. The molecule has 3 heterocycles. The van der Waals surface area contributed by atoms with Gasteiger partial charge in [0.15, 0.2) is 11.7 Å². The summed E-state index contributed by atoms with van der Waals surface area (Å²) in [7, 11) is 1.52. The Bertz CT molecular complexity index is 1620. The van der Waals surface area contributed by atoms with Crippen molar-refractivity contribution in [3.8, 4) is 28.6 Å². The molecule has 15 nitrogen and oxygen atoms in total. The van der Waals surface area contributed by atoms with Crippen molar-refractivity contribution < 1.29 is 68.3 Å². The number of rotatable bonds is 10. The van der Waals surface area contributed by atoms with Crippen molar-refractivity contribution in [3.05, 3.63) is 52.7 Å². The molecule has 10 atom stereocenters. The topological polar surface area (TPSA) is 224 Å². The molecule has 2 aliphatic rings. The third kappa shape index (κ3) is 7.64. The Kier molecular flexibility index (Phi) is 11.0. The Morgan fingerprint density at radius 1 is 0.833 bits per heavy atom. The first-order valence-electron chi connectivity index (χ1n) is 15.4. The quantitative estimate of drug-likeness (QED) is 0.127. The monoisotopic (exact) mass is 676 g/mol. The molecule has 0 saturated carbocycles. The predicted molar refractivity (Wildman–Crippen MR) is 165 cm³/mol. The van der Waals surface area contributed by atoms with Crippen LogP contribution in [0.3, 0.4) is 0 Å². The first-order valence-corrected chi connectivity index (χ1v) is 15.4. The van der Waals surface area contributed by atoms with Gasteiger partial charge < -0.3 is 63.5 Å². The molecule has 0 aliphatic carbocycles. The molecule has 2 aliphatic heterocycles. The highest BCUT2D eigenvalue weighted by Gasteiger charge is 2.47. The summed E-state index contributed by atoms with van der Waals surface area (Å²) in [5.41, 5.74) is 0.0147. The minimum atomic E-state index is -1.79. The van der Waals surface area contributed by atoms with Crippen LogP contribution in [0.5, 0.6) is 17.2 Å². The van der Waals surface area contributed by atoms with Crippen LogP contribution in [0.25, 0.3) is 22.3 Å². The number of esters is 1. The maximum absolute atomic E-state index is 13.4. The van der Waals surface area contributed by atoms with Gasteiger partial charge in [-0.15, -0.1) is 0 Å². The van der Waals surface area contributed by atoms with E-state index in [1.807, 2.05) is 13.8 Å². The summed E-state index contributed by atoms with van der Waals surface area (Å²) in [6.07, 6.45) is -15.0. The van der Waals surface area contributed by atoms with Gasteiger partial charge >= 0.3 is 5.97 Å². The summed E-state index contributed by atoms with van der Waals surface area (Å²) in [6.45, 7) is 4.61.